The predicted octanol–water partition coefficient (Wildman–Crippen LogP) is 2.68. The highest BCUT2D eigenvalue weighted by molar-refractivity contribution is 9.11. The van der Waals surface area contributed by atoms with E-state index in [1.165, 1.54) is 0 Å². The molecule has 40 valence electrons. The Bertz CT molecular complexity index is 106. The molecule has 0 amide bonds. The average molecular weight is 169 g/mol. The lowest BCUT2D eigenvalue weighted by atomic mass is 10.5. The van der Waals surface area contributed by atoms with E-state index < -0.39 is 11.7 Å². The maximum atomic E-state index is 11.6. The normalized spacial score (nSPS) is 11.6. The summed E-state index contributed by atoms with van der Waals surface area (Å²) in [4.78, 5) is 0.829. The van der Waals surface area contributed by atoms with E-state index in [1.54, 1.807) is 0 Å². The van der Waals surface area contributed by atoms with Gasteiger partial charge in [-0.2, -0.15) is 0 Å². The Morgan fingerprint density at radius 2 is 2.00 bits per heavy atom. The highest BCUT2D eigenvalue weighted by Gasteiger charge is 1.93. The minimum absolute atomic E-state index is 0.829. The molecule has 0 heterocycles. The van der Waals surface area contributed by atoms with E-state index in [0.29, 0.717) is 0 Å². The quantitative estimate of drug-likeness (QED) is 0.529. The smallest absolute Gasteiger partial charge is 0.165 e. The van der Waals surface area contributed by atoms with Crippen LogP contribution >= 0.6 is 15.9 Å². The molecule has 0 saturated heterocycles. The van der Waals surface area contributed by atoms with Crippen molar-refractivity contribution in [3.63, 3.8) is 0 Å². The Balaban J connectivity index is 3.82. The van der Waals surface area contributed by atoms with Crippen molar-refractivity contribution in [1.29, 1.82) is 0 Å². The summed E-state index contributed by atoms with van der Waals surface area (Å²) >= 11 is 2.58. The molecule has 0 aromatic rings. The molecule has 0 rings (SSSR count). The monoisotopic (exact) mass is 168 g/mol. The molecule has 0 atom stereocenters. The molecule has 0 spiro atoms. The molecule has 0 aliphatic heterocycles. The lowest BCUT2D eigenvalue weighted by molar-refractivity contribution is 0.550. The zero-order valence-corrected chi connectivity index (χ0v) is 5.00. The van der Waals surface area contributed by atoms with Crippen molar-refractivity contribution in [1.82, 2.24) is 0 Å². The summed E-state index contributed by atoms with van der Waals surface area (Å²) in [5.74, 6) is -2.03. The minimum Gasteiger partial charge on any atom is -0.204 e. The molecule has 0 fully saturated rings. The van der Waals surface area contributed by atoms with Gasteiger partial charge in [-0.1, -0.05) is 22.5 Å². The molecule has 0 N–H and O–H groups in total. The highest BCUT2D eigenvalue weighted by atomic mass is 79.9. The summed E-state index contributed by atoms with van der Waals surface area (Å²) in [5, 5.41) is 0. The lowest BCUT2D eigenvalue weighted by Gasteiger charge is -1.81. The number of allylic oxidation sites excluding steroid dienone is 2. The summed E-state index contributed by atoms with van der Waals surface area (Å²) in [5.41, 5.74) is 0. The van der Waals surface area contributed by atoms with Crippen molar-refractivity contribution < 1.29 is 8.78 Å². The van der Waals surface area contributed by atoms with Crippen LogP contribution in [-0.2, 0) is 0 Å². The van der Waals surface area contributed by atoms with E-state index in [2.05, 4.69) is 22.5 Å². The first-order valence-electron chi connectivity index (χ1n) is 1.49. The zero-order valence-electron chi connectivity index (χ0n) is 3.42. The van der Waals surface area contributed by atoms with Gasteiger partial charge in [-0.05, 0) is 0 Å². The predicted molar refractivity (Wildman–Crippen MR) is 28.4 cm³/mol. The first-order valence-corrected chi connectivity index (χ1v) is 2.40. The molecule has 0 aliphatic rings. The molecule has 0 saturated carbocycles. The average Bonchev–Trinajstić information content (AvgIpc) is 1.65. The Morgan fingerprint density at radius 3 is 2.00 bits per heavy atom. The first-order chi connectivity index (χ1) is 3.18. The maximum Gasteiger partial charge on any atom is 0.165 e. The fraction of sp³-hybridized carbons (Fsp3) is 0. The van der Waals surface area contributed by atoms with Crippen LogP contribution in [0.2, 0.25) is 0 Å². The van der Waals surface area contributed by atoms with E-state index >= 15 is 0 Å². The van der Waals surface area contributed by atoms with Crippen LogP contribution in [0, 0.1) is 0 Å². The summed E-state index contributed by atoms with van der Waals surface area (Å²) < 4.78 is 23.0. The second kappa shape index (κ2) is 2.91. The molecule has 0 nitrogen and oxygen atoms in total. The van der Waals surface area contributed by atoms with Crippen molar-refractivity contribution in [3.05, 3.63) is 23.2 Å². The third kappa shape index (κ3) is 2.51. The number of hydrogen-bond donors (Lipinski definition) is 0. The minimum atomic E-state index is -1.06. The third-order valence-corrected chi connectivity index (χ3v) is 0.757. The Kier molecular flexibility index (Phi) is 2.83. The van der Waals surface area contributed by atoms with Gasteiger partial charge in [-0.3, -0.25) is 0 Å². The van der Waals surface area contributed by atoms with Crippen LogP contribution in [-0.4, -0.2) is 0 Å². The Labute approximate surface area is 48.7 Å². The van der Waals surface area contributed by atoms with Crippen molar-refractivity contribution in [2.75, 3.05) is 0 Å². The fourth-order valence-electron chi connectivity index (χ4n) is 0.0592. The second-order valence-electron chi connectivity index (χ2n) is 0.862. The second-order valence-corrected chi connectivity index (χ2v) is 1.32. The van der Waals surface area contributed by atoms with E-state index in [9.17, 15) is 8.78 Å². The third-order valence-electron chi connectivity index (χ3n) is 0.355. The van der Waals surface area contributed by atoms with Gasteiger partial charge in [0.1, 0.15) is 0 Å². The van der Waals surface area contributed by atoms with Gasteiger partial charge in [0.2, 0.25) is 0 Å². The lowest BCUT2D eigenvalue weighted by Crippen LogP contribution is -1.65. The van der Waals surface area contributed by atoms with Gasteiger partial charge in [0.15, 0.2) is 11.7 Å². The van der Waals surface area contributed by atoms with Gasteiger partial charge < -0.3 is 0 Å². The van der Waals surface area contributed by atoms with E-state index in [0.717, 1.165) is 4.99 Å². The number of halogens is 3. The molecule has 0 aromatic carbocycles. The molecule has 0 aromatic heterocycles. The van der Waals surface area contributed by atoms with Crippen LogP contribution in [0.4, 0.5) is 8.78 Å². The largest absolute Gasteiger partial charge is 0.204 e. The molecule has 0 aliphatic carbocycles. The number of hydrogen-bond acceptors (Lipinski definition) is 0. The first kappa shape index (κ1) is 6.82. The van der Waals surface area contributed by atoms with Crippen LogP contribution in [0.1, 0.15) is 0 Å². The topological polar surface area (TPSA) is 0 Å². The molecule has 7 heavy (non-hydrogen) atoms. The highest BCUT2D eigenvalue weighted by Crippen LogP contribution is 2.10. The molecular formula is C4H3BrF2. The van der Waals surface area contributed by atoms with Gasteiger partial charge in [0, 0.05) is 4.99 Å². The van der Waals surface area contributed by atoms with Crippen molar-refractivity contribution in [3.8, 4) is 0 Å². The summed E-state index contributed by atoms with van der Waals surface area (Å²) in [6.45, 7) is 2.69. The molecular weight excluding hydrogens is 166 g/mol. The summed E-state index contributed by atoms with van der Waals surface area (Å²) in [6.07, 6.45) is 0. The number of rotatable bonds is 1. The van der Waals surface area contributed by atoms with Crippen LogP contribution in [0.15, 0.2) is 23.2 Å². The maximum absolute atomic E-state index is 11.6. The van der Waals surface area contributed by atoms with Gasteiger partial charge in [-0.25, -0.2) is 8.78 Å². The summed E-state index contributed by atoms with van der Waals surface area (Å²) in [7, 11) is 0. The SMILES string of the molecule is C=C(F)C(F)=CBr. The Hall–Kier alpha value is -0.180. The fourth-order valence-corrected chi connectivity index (χ4v) is 0.308. The van der Waals surface area contributed by atoms with Gasteiger partial charge >= 0.3 is 0 Å². The molecule has 0 radical (unpaired) electrons. The molecule has 3 heteroatoms. The van der Waals surface area contributed by atoms with E-state index in [-0.39, 0.29) is 0 Å². The van der Waals surface area contributed by atoms with E-state index in [1.807, 2.05) is 0 Å². The zero-order chi connectivity index (χ0) is 5.86. The van der Waals surface area contributed by atoms with Gasteiger partial charge in [0.25, 0.3) is 0 Å². The van der Waals surface area contributed by atoms with E-state index in [4.69, 9.17) is 0 Å². The van der Waals surface area contributed by atoms with Crippen LogP contribution in [0.3, 0.4) is 0 Å². The molecule has 0 unspecified atom stereocenters. The Morgan fingerprint density at radius 1 is 1.57 bits per heavy atom. The molecule has 0 bridgehead atoms. The van der Waals surface area contributed by atoms with Crippen LogP contribution in [0.25, 0.3) is 0 Å². The summed E-state index contributed by atoms with van der Waals surface area (Å²) in [6, 6.07) is 0. The van der Waals surface area contributed by atoms with Crippen molar-refractivity contribution in [2.45, 2.75) is 0 Å². The van der Waals surface area contributed by atoms with Gasteiger partial charge in [-0.15, -0.1) is 0 Å². The van der Waals surface area contributed by atoms with Crippen LogP contribution in [0.5, 0.6) is 0 Å². The van der Waals surface area contributed by atoms with Crippen molar-refractivity contribution in [2.24, 2.45) is 0 Å². The van der Waals surface area contributed by atoms with Crippen molar-refractivity contribution >= 4 is 15.9 Å². The van der Waals surface area contributed by atoms with Crippen LogP contribution < -0.4 is 0 Å². The van der Waals surface area contributed by atoms with Gasteiger partial charge in [0.05, 0.1) is 0 Å². The standard InChI is InChI=1S/C4H3BrF2/c1-3(6)4(7)2-5/h2H,1H2.